The number of hydrogen-bond acceptors (Lipinski definition) is 5. The number of piperazine rings is 1. The average Bonchev–Trinajstić information content (AvgIpc) is 3.24. The van der Waals surface area contributed by atoms with E-state index in [2.05, 4.69) is 77.7 Å². The molecule has 0 amide bonds. The smallest absolute Gasteiger partial charge is 0.161 e. The zero-order chi connectivity index (χ0) is 24.5. The van der Waals surface area contributed by atoms with Crippen molar-refractivity contribution in [1.82, 2.24) is 14.5 Å². The number of benzene rings is 2. The fraction of sp³-hybridized carbons (Fsp3) is 0.345. The van der Waals surface area contributed by atoms with Crippen molar-refractivity contribution >= 4 is 16.7 Å². The molecular formula is C29H34N4O2. The normalized spacial score (nSPS) is 14.6. The number of hydrogen-bond donors (Lipinski definition) is 0. The summed E-state index contributed by atoms with van der Waals surface area (Å²) in [5.41, 5.74) is 7.81. The van der Waals surface area contributed by atoms with Gasteiger partial charge >= 0.3 is 0 Å². The zero-order valence-electron chi connectivity index (χ0n) is 21.3. The highest BCUT2D eigenvalue weighted by atomic mass is 16.5. The zero-order valence-corrected chi connectivity index (χ0v) is 21.3. The minimum Gasteiger partial charge on any atom is -0.493 e. The van der Waals surface area contributed by atoms with E-state index in [0.717, 1.165) is 65.5 Å². The molecule has 0 bridgehead atoms. The Bertz CT molecular complexity index is 1320. The molecule has 0 saturated carbocycles. The number of aryl methyl sites for hydroxylation is 1. The summed E-state index contributed by atoms with van der Waals surface area (Å²) in [6, 6.07) is 19.9. The van der Waals surface area contributed by atoms with Crippen LogP contribution in [0.4, 0.5) is 5.69 Å². The van der Waals surface area contributed by atoms with Gasteiger partial charge in [-0.15, -0.1) is 0 Å². The fourth-order valence-corrected chi connectivity index (χ4v) is 4.99. The molecule has 35 heavy (non-hydrogen) atoms. The van der Waals surface area contributed by atoms with Crippen LogP contribution < -0.4 is 14.4 Å². The van der Waals surface area contributed by atoms with Crippen LogP contribution in [0.25, 0.3) is 33.4 Å². The van der Waals surface area contributed by atoms with Gasteiger partial charge in [-0.25, -0.2) is 0 Å². The van der Waals surface area contributed by atoms with Crippen LogP contribution in [0.15, 0.2) is 60.8 Å². The van der Waals surface area contributed by atoms with E-state index < -0.39 is 0 Å². The van der Waals surface area contributed by atoms with Crippen molar-refractivity contribution in [3.05, 3.63) is 60.8 Å². The highest BCUT2D eigenvalue weighted by Crippen LogP contribution is 2.35. The number of ether oxygens (including phenoxy) is 2. The van der Waals surface area contributed by atoms with E-state index in [-0.39, 0.29) is 0 Å². The molecule has 6 nitrogen and oxygen atoms in total. The molecule has 1 fully saturated rings. The second-order valence-electron chi connectivity index (χ2n) is 9.45. The first-order chi connectivity index (χ1) is 17.0. The molecule has 2 aromatic carbocycles. The minimum absolute atomic E-state index is 0.617. The largest absolute Gasteiger partial charge is 0.493 e. The Morgan fingerprint density at radius 2 is 1.46 bits per heavy atom. The molecule has 0 unspecified atom stereocenters. The molecule has 0 N–H and O–H groups in total. The maximum Gasteiger partial charge on any atom is 0.161 e. The second kappa shape index (κ2) is 9.62. The summed E-state index contributed by atoms with van der Waals surface area (Å²) in [6.07, 6.45) is 1.97. The molecule has 6 heteroatoms. The topological polar surface area (TPSA) is 42.8 Å². The van der Waals surface area contributed by atoms with Crippen LogP contribution >= 0.6 is 0 Å². The predicted molar refractivity (Wildman–Crippen MR) is 144 cm³/mol. The molecule has 4 aromatic rings. The van der Waals surface area contributed by atoms with Gasteiger partial charge in [0.1, 0.15) is 0 Å². The first-order valence-electron chi connectivity index (χ1n) is 12.3. The van der Waals surface area contributed by atoms with Crippen molar-refractivity contribution < 1.29 is 9.47 Å². The second-order valence-corrected chi connectivity index (χ2v) is 9.45. The molecule has 0 aliphatic carbocycles. The number of aromatic nitrogens is 2. The summed E-state index contributed by atoms with van der Waals surface area (Å²) in [4.78, 5) is 9.81. The lowest BCUT2D eigenvalue weighted by Gasteiger charge is -2.38. The summed E-state index contributed by atoms with van der Waals surface area (Å²) in [5, 5.41) is 0. The Morgan fingerprint density at radius 3 is 2.11 bits per heavy atom. The molecule has 1 aliphatic rings. The fourth-order valence-electron chi connectivity index (χ4n) is 4.99. The Balaban J connectivity index is 1.40. The van der Waals surface area contributed by atoms with Gasteiger partial charge in [0, 0.05) is 62.3 Å². The van der Waals surface area contributed by atoms with Crippen LogP contribution in [0.1, 0.15) is 13.8 Å². The molecular weight excluding hydrogens is 436 g/mol. The molecule has 0 radical (unpaired) electrons. The van der Waals surface area contributed by atoms with Gasteiger partial charge in [-0.05, 0) is 61.9 Å². The summed E-state index contributed by atoms with van der Waals surface area (Å²) in [6.45, 7) is 8.95. The summed E-state index contributed by atoms with van der Waals surface area (Å²) in [7, 11) is 5.40. The molecule has 0 spiro atoms. The number of pyridine rings is 1. The van der Waals surface area contributed by atoms with Gasteiger partial charge in [-0.3, -0.25) is 9.88 Å². The van der Waals surface area contributed by atoms with Crippen LogP contribution in [-0.2, 0) is 7.05 Å². The summed E-state index contributed by atoms with van der Waals surface area (Å²) in [5.74, 6) is 1.44. The van der Waals surface area contributed by atoms with Crippen molar-refractivity contribution in [2.45, 2.75) is 19.9 Å². The van der Waals surface area contributed by atoms with Crippen molar-refractivity contribution in [3.8, 4) is 33.9 Å². The maximum absolute atomic E-state index is 5.50. The number of methoxy groups -OCH3 is 2. The predicted octanol–water partition coefficient (Wildman–Crippen LogP) is 5.45. The molecule has 3 heterocycles. The van der Waals surface area contributed by atoms with E-state index in [9.17, 15) is 0 Å². The van der Waals surface area contributed by atoms with Crippen LogP contribution in [0, 0.1) is 0 Å². The summed E-state index contributed by atoms with van der Waals surface area (Å²) >= 11 is 0. The van der Waals surface area contributed by atoms with Crippen molar-refractivity contribution in [3.63, 3.8) is 0 Å². The number of fused-ring (bicyclic) bond motifs is 1. The molecule has 1 saturated heterocycles. The van der Waals surface area contributed by atoms with E-state index in [1.54, 1.807) is 14.2 Å². The molecule has 0 atom stereocenters. The van der Waals surface area contributed by atoms with Crippen molar-refractivity contribution in [2.24, 2.45) is 7.05 Å². The van der Waals surface area contributed by atoms with E-state index in [4.69, 9.17) is 14.5 Å². The average molecular weight is 471 g/mol. The van der Waals surface area contributed by atoms with Crippen LogP contribution in [0.3, 0.4) is 0 Å². The van der Waals surface area contributed by atoms with E-state index in [1.165, 1.54) is 11.3 Å². The van der Waals surface area contributed by atoms with Crippen LogP contribution in [0.2, 0.25) is 0 Å². The highest BCUT2D eigenvalue weighted by molar-refractivity contribution is 5.87. The Hall–Kier alpha value is -3.51. The van der Waals surface area contributed by atoms with Gasteiger partial charge in [-0.2, -0.15) is 0 Å². The van der Waals surface area contributed by atoms with Gasteiger partial charge < -0.3 is 18.9 Å². The van der Waals surface area contributed by atoms with Crippen molar-refractivity contribution in [2.75, 3.05) is 45.3 Å². The lowest BCUT2D eigenvalue weighted by atomic mass is 10.1. The van der Waals surface area contributed by atoms with Gasteiger partial charge in [0.05, 0.1) is 30.9 Å². The SMILES string of the molecule is COc1ccc(-c2cc3ncc(-c4ccc(N5CCN(C(C)C)CC5)cc4)cc3n2C)cc1OC. The Labute approximate surface area is 207 Å². The molecule has 2 aromatic heterocycles. The van der Waals surface area contributed by atoms with E-state index >= 15 is 0 Å². The third kappa shape index (κ3) is 4.46. The van der Waals surface area contributed by atoms with Gasteiger partial charge in [0.15, 0.2) is 11.5 Å². The van der Waals surface area contributed by atoms with Gasteiger partial charge in [-0.1, -0.05) is 12.1 Å². The number of rotatable bonds is 6. The first kappa shape index (κ1) is 23.2. The van der Waals surface area contributed by atoms with E-state index in [1.807, 2.05) is 18.3 Å². The number of nitrogens with zero attached hydrogens (tertiary/aromatic N) is 4. The third-order valence-corrected chi connectivity index (χ3v) is 7.18. The van der Waals surface area contributed by atoms with Crippen molar-refractivity contribution in [1.29, 1.82) is 0 Å². The molecule has 5 rings (SSSR count). The lowest BCUT2D eigenvalue weighted by Crippen LogP contribution is -2.48. The maximum atomic E-state index is 5.50. The Kier molecular flexibility index (Phi) is 6.39. The van der Waals surface area contributed by atoms with Gasteiger partial charge in [0.25, 0.3) is 0 Å². The number of anilines is 1. The van der Waals surface area contributed by atoms with E-state index in [0.29, 0.717) is 6.04 Å². The molecule has 182 valence electrons. The lowest BCUT2D eigenvalue weighted by molar-refractivity contribution is 0.209. The third-order valence-electron chi connectivity index (χ3n) is 7.18. The summed E-state index contributed by atoms with van der Waals surface area (Å²) < 4.78 is 13.1. The minimum atomic E-state index is 0.617. The van der Waals surface area contributed by atoms with Crippen LogP contribution in [-0.4, -0.2) is 60.9 Å². The quantitative estimate of drug-likeness (QED) is 0.375. The standard InChI is InChI=1S/C29H34N4O2/c1-20(2)32-12-14-33(15-13-32)24-9-6-21(7-10-24)23-16-27-25(30-19-23)18-26(31(27)3)22-8-11-28(34-4)29(17-22)35-5/h6-11,16-20H,12-15H2,1-5H3. The Morgan fingerprint density at radius 1 is 0.771 bits per heavy atom. The monoisotopic (exact) mass is 470 g/mol. The van der Waals surface area contributed by atoms with Gasteiger partial charge in [0.2, 0.25) is 0 Å². The first-order valence-corrected chi connectivity index (χ1v) is 12.3. The van der Waals surface area contributed by atoms with Crippen LogP contribution in [0.5, 0.6) is 11.5 Å². The highest BCUT2D eigenvalue weighted by Gasteiger charge is 2.19. The molecule has 1 aliphatic heterocycles.